The second kappa shape index (κ2) is 8.53. The highest BCUT2D eigenvalue weighted by Crippen LogP contribution is 2.39. The van der Waals surface area contributed by atoms with E-state index < -0.39 is 35.0 Å². The molecule has 1 aliphatic carbocycles. The lowest BCUT2D eigenvalue weighted by atomic mass is 9.72. The largest absolute Gasteiger partial charge is 0.444 e. The van der Waals surface area contributed by atoms with E-state index >= 15 is 0 Å². The smallest absolute Gasteiger partial charge is 0.407 e. The maximum atomic E-state index is 14.3. The fraction of sp³-hybridized carbons (Fsp3) is 0.545. The number of nitrogens with zero attached hydrogens (tertiary/aromatic N) is 2. The van der Waals surface area contributed by atoms with Crippen molar-refractivity contribution >= 4 is 18.0 Å². The van der Waals surface area contributed by atoms with E-state index in [0.29, 0.717) is 12.8 Å². The third kappa shape index (κ3) is 4.79. The average molecular weight is 430 g/mol. The van der Waals surface area contributed by atoms with Crippen molar-refractivity contribution in [2.45, 2.75) is 64.1 Å². The number of carbonyl (C=O) groups is 3. The Balaban J connectivity index is 1.75. The van der Waals surface area contributed by atoms with Crippen molar-refractivity contribution in [3.63, 3.8) is 0 Å². The average Bonchev–Trinajstić information content (AvgIpc) is 2.92. The molecule has 2 aliphatic rings. The minimum Gasteiger partial charge on any atom is -0.444 e. The van der Waals surface area contributed by atoms with Gasteiger partial charge in [-0.25, -0.2) is 14.0 Å². The first kappa shape index (κ1) is 22.5. The number of nitriles is 1. The topological polar surface area (TPSA) is 112 Å². The number of amides is 4. The number of urea groups is 1. The molecule has 3 rings (SSSR count). The van der Waals surface area contributed by atoms with E-state index in [9.17, 15) is 18.8 Å². The Hall–Kier alpha value is -3.15. The minimum atomic E-state index is -1.13. The Morgan fingerprint density at radius 2 is 2.13 bits per heavy atom. The summed E-state index contributed by atoms with van der Waals surface area (Å²) in [4.78, 5) is 39.1. The number of alkyl carbamates (subject to hydrolysis) is 1. The molecule has 1 saturated heterocycles. The van der Waals surface area contributed by atoms with Gasteiger partial charge in [0, 0.05) is 18.0 Å². The molecule has 166 valence electrons. The van der Waals surface area contributed by atoms with Crippen molar-refractivity contribution in [1.82, 2.24) is 15.5 Å². The van der Waals surface area contributed by atoms with Crippen molar-refractivity contribution in [1.29, 1.82) is 5.26 Å². The lowest BCUT2D eigenvalue weighted by Crippen LogP contribution is -2.57. The lowest BCUT2D eigenvalue weighted by Gasteiger charge is -2.39. The van der Waals surface area contributed by atoms with Crippen LogP contribution in [-0.4, -0.2) is 40.6 Å². The summed E-state index contributed by atoms with van der Waals surface area (Å²) >= 11 is 0. The number of hydrogen-bond donors (Lipinski definition) is 2. The Kier molecular flexibility index (Phi) is 6.20. The molecule has 0 bridgehead atoms. The highest BCUT2D eigenvalue weighted by atomic mass is 19.1. The normalized spacial score (nSPS) is 23.5. The van der Waals surface area contributed by atoms with E-state index in [2.05, 4.69) is 10.6 Å². The van der Waals surface area contributed by atoms with Gasteiger partial charge in [-0.05, 0) is 45.7 Å². The quantitative estimate of drug-likeness (QED) is 0.713. The van der Waals surface area contributed by atoms with Gasteiger partial charge in [0.1, 0.15) is 17.0 Å². The summed E-state index contributed by atoms with van der Waals surface area (Å²) < 4.78 is 19.6. The van der Waals surface area contributed by atoms with Gasteiger partial charge in [-0.1, -0.05) is 18.9 Å². The van der Waals surface area contributed by atoms with Crippen molar-refractivity contribution in [2.75, 3.05) is 6.54 Å². The Bertz CT molecular complexity index is 936. The standard InChI is InChI=1S/C22H27FN4O4/c1-21(2,3)31-20(30)25-12-16-6-4-5-9-22(16)18(28)27(19(29)26-22)13-15-8-7-14(11-24)10-17(15)23/h7-8,10,16H,4-6,9,12-13H2,1-3H3,(H,25,30)(H,26,29)/t16-,22+/m0/s1. The third-order valence-electron chi connectivity index (χ3n) is 5.67. The highest BCUT2D eigenvalue weighted by molar-refractivity contribution is 6.07. The van der Waals surface area contributed by atoms with Crippen molar-refractivity contribution in [3.05, 3.63) is 35.1 Å². The summed E-state index contributed by atoms with van der Waals surface area (Å²) in [5.74, 6) is -1.37. The van der Waals surface area contributed by atoms with Crippen LogP contribution in [0.25, 0.3) is 0 Å². The first-order valence-electron chi connectivity index (χ1n) is 10.4. The van der Waals surface area contributed by atoms with Crippen LogP contribution in [0.5, 0.6) is 0 Å². The van der Waals surface area contributed by atoms with Crippen LogP contribution in [0.3, 0.4) is 0 Å². The van der Waals surface area contributed by atoms with Crippen LogP contribution in [0.1, 0.15) is 57.6 Å². The van der Waals surface area contributed by atoms with Gasteiger partial charge < -0.3 is 15.4 Å². The summed E-state index contributed by atoms with van der Waals surface area (Å²) in [7, 11) is 0. The van der Waals surface area contributed by atoms with E-state index in [-0.39, 0.29) is 30.1 Å². The number of halogens is 1. The predicted molar refractivity (Wildman–Crippen MR) is 109 cm³/mol. The monoisotopic (exact) mass is 430 g/mol. The number of hydrogen-bond acceptors (Lipinski definition) is 5. The van der Waals surface area contributed by atoms with Crippen LogP contribution in [0, 0.1) is 23.1 Å². The number of benzene rings is 1. The predicted octanol–water partition coefficient (Wildman–Crippen LogP) is 3.20. The molecule has 1 saturated carbocycles. The van der Waals surface area contributed by atoms with Gasteiger partial charge in [-0.2, -0.15) is 5.26 Å². The van der Waals surface area contributed by atoms with Crippen molar-refractivity contribution < 1.29 is 23.5 Å². The Morgan fingerprint density at radius 3 is 2.77 bits per heavy atom. The van der Waals surface area contributed by atoms with Gasteiger partial charge in [0.2, 0.25) is 0 Å². The van der Waals surface area contributed by atoms with Crippen LogP contribution in [-0.2, 0) is 16.1 Å². The van der Waals surface area contributed by atoms with E-state index in [1.165, 1.54) is 12.1 Å². The Labute approximate surface area is 180 Å². The second-order valence-electron chi connectivity index (χ2n) is 9.04. The van der Waals surface area contributed by atoms with Crippen LogP contribution < -0.4 is 10.6 Å². The fourth-order valence-electron chi connectivity index (χ4n) is 4.19. The Morgan fingerprint density at radius 1 is 1.39 bits per heavy atom. The highest BCUT2D eigenvalue weighted by Gasteiger charge is 2.56. The van der Waals surface area contributed by atoms with Gasteiger partial charge in [-0.3, -0.25) is 9.69 Å². The maximum absolute atomic E-state index is 14.3. The molecule has 1 spiro atoms. The molecular formula is C22H27FN4O4. The van der Waals surface area contributed by atoms with Crippen molar-refractivity contribution in [3.8, 4) is 6.07 Å². The second-order valence-corrected chi connectivity index (χ2v) is 9.04. The molecule has 0 aromatic heterocycles. The number of nitrogens with one attached hydrogen (secondary N) is 2. The molecule has 1 heterocycles. The van der Waals surface area contributed by atoms with E-state index in [0.717, 1.165) is 23.8 Å². The third-order valence-corrected chi connectivity index (χ3v) is 5.67. The lowest BCUT2D eigenvalue weighted by molar-refractivity contribution is -0.135. The molecule has 2 N–H and O–H groups in total. The molecule has 9 heteroatoms. The molecule has 2 fully saturated rings. The summed E-state index contributed by atoms with van der Waals surface area (Å²) in [6.07, 6.45) is 2.15. The molecule has 0 unspecified atom stereocenters. The summed E-state index contributed by atoms with van der Waals surface area (Å²) in [6, 6.07) is 5.20. The summed E-state index contributed by atoms with van der Waals surface area (Å²) in [6.45, 7) is 5.23. The maximum Gasteiger partial charge on any atom is 0.407 e. The van der Waals surface area contributed by atoms with Gasteiger partial charge >= 0.3 is 12.1 Å². The van der Waals surface area contributed by atoms with Crippen LogP contribution in [0.4, 0.5) is 14.0 Å². The molecule has 8 nitrogen and oxygen atoms in total. The molecule has 4 amide bonds. The van der Waals surface area contributed by atoms with E-state index in [1.54, 1.807) is 20.8 Å². The summed E-state index contributed by atoms with van der Waals surface area (Å²) in [5, 5.41) is 14.4. The van der Waals surface area contributed by atoms with Crippen LogP contribution in [0.2, 0.25) is 0 Å². The molecule has 1 aliphatic heterocycles. The zero-order valence-electron chi connectivity index (χ0n) is 18.0. The van der Waals surface area contributed by atoms with Crippen molar-refractivity contribution in [2.24, 2.45) is 5.92 Å². The first-order chi connectivity index (χ1) is 14.6. The van der Waals surface area contributed by atoms with Gasteiger partial charge in [0.25, 0.3) is 5.91 Å². The molecule has 1 aromatic rings. The number of ether oxygens (including phenoxy) is 1. The van der Waals surface area contributed by atoms with E-state index in [4.69, 9.17) is 10.00 Å². The molecular weight excluding hydrogens is 403 g/mol. The fourth-order valence-corrected chi connectivity index (χ4v) is 4.19. The van der Waals surface area contributed by atoms with Gasteiger partial charge in [0.05, 0.1) is 18.2 Å². The number of rotatable bonds is 4. The summed E-state index contributed by atoms with van der Waals surface area (Å²) in [5.41, 5.74) is -1.46. The van der Waals surface area contributed by atoms with Gasteiger partial charge in [-0.15, -0.1) is 0 Å². The number of imide groups is 1. The van der Waals surface area contributed by atoms with Crippen LogP contribution >= 0.6 is 0 Å². The minimum absolute atomic E-state index is 0.152. The molecule has 0 radical (unpaired) electrons. The SMILES string of the molecule is CC(C)(C)OC(=O)NC[C@@H]1CCCC[C@@]12NC(=O)N(Cc1ccc(C#N)cc1F)C2=O. The molecule has 2 atom stereocenters. The van der Waals surface area contributed by atoms with Crippen LogP contribution in [0.15, 0.2) is 18.2 Å². The van der Waals surface area contributed by atoms with E-state index in [1.807, 2.05) is 6.07 Å². The zero-order chi connectivity index (χ0) is 22.8. The first-order valence-corrected chi connectivity index (χ1v) is 10.4. The zero-order valence-corrected chi connectivity index (χ0v) is 18.0. The van der Waals surface area contributed by atoms with Gasteiger partial charge in [0.15, 0.2) is 0 Å². The molecule has 1 aromatic carbocycles. The molecule has 31 heavy (non-hydrogen) atoms. The number of carbonyl (C=O) groups excluding carboxylic acids is 3.